The molecule has 2 aromatic heterocycles. The topological polar surface area (TPSA) is 50.8 Å². The smallest absolute Gasteiger partial charge is 0.124 e. The minimum absolute atomic E-state index is 0.845. The number of H-pyrrole nitrogens is 1. The van der Waals surface area contributed by atoms with Crippen LogP contribution in [0.25, 0.3) is 11.0 Å². The lowest BCUT2D eigenvalue weighted by atomic mass is 10.1. The third-order valence-electron chi connectivity index (χ3n) is 3.02. The molecular formula is C14H12IN3O. The molecule has 0 saturated heterocycles. The van der Waals surface area contributed by atoms with E-state index in [1.165, 1.54) is 11.1 Å². The van der Waals surface area contributed by atoms with Crippen molar-refractivity contribution in [3.63, 3.8) is 0 Å². The van der Waals surface area contributed by atoms with Crippen molar-refractivity contribution in [1.29, 1.82) is 0 Å². The Morgan fingerprint density at radius 1 is 1.26 bits per heavy atom. The minimum atomic E-state index is 0.845. The Labute approximate surface area is 124 Å². The molecule has 19 heavy (non-hydrogen) atoms. The molecule has 0 spiro atoms. The number of methoxy groups -OCH3 is 1. The molecule has 0 fully saturated rings. The van der Waals surface area contributed by atoms with Crippen molar-refractivity contribution in [3.05, 3.63) is 51.4 Å². The largest absolute Gasteiger partial charge is 0.497 e. The van der Waals surface area contributed by atoms with Crippen molar-refractivity contribution in [2.45, 2.75) is 6.42 Å². The summed E-state index contributed by atoms with van der Waals surface area (Å²) < 4.78 is 6.31. The Morgan fingerprint density at radius 3 is 2.79 bits per heavy atom. The van der Waals surface area contributed by atoms with Gasteiger partial charge in [0.15, 0.2) is 0 Å². The number of pyridine rings is 1. The van der Waals surface area contributed by atoms with Gasteiger partial charge in [-0.15, -0.1) is 0 Å². The summed E-state index contributed by atoms with van der Waals surface area (Å²) in [6.45, 7) is 0. The molecule has 0 bridgehead atoms. The van der Waals surface area contributed by atoms with Crippen molar-refractivity contribution < 1.29 is 4.74 Å². The lowest BCUT2D eigenvalue weighted by Gasteiger charge is -2.06. The van der Waals surface area contributed by atoms with E-state index in [9.17, 15) is 0 Å². The van der Waals surface area contributed by atoms with Gasteiger partial charge in [-0.3, -0.25) is 10.1 Å². The van der Waals surface area contributed by atoms with Crippen molar-refractivity contribution in [3.8, 4) is 5.75 Å². The molecule has 0 aliphatic carbocycles. The standard InChI is InChI=1S/C14H12IN3O/c1-19-11-4-2-9(3-5-11)6-10-7-16-12-8-17-18-14(12)13(10)15/h2-5,7-8H,6H2,1H3,(H,17,18). The number of nitrogens with one attached hydrogen (secondary N) is 1. The zero-order valence-corrected chi connectivity index (χ0v) is 12.5. The highest BCUT2D eigenvalue weighted by atomic mass is 127. The molecule has 0 unspecified atom stereocenters. The van der Waals surface area contributed by atoms with Crippen LogP contribution in [0.5, 0.6) is 5.75 Å². The average Bonchev–Trinajstić information content (AvgIpc) is 2.92. The molecule has 0 radical (unpaired) electrons. The van der Waals surface area contributed by atoms with E-state index in [0.717, 1.165) is 26.8 Å². The van der Waals surface area contributed by atoms with Crippen molar-refractivity contribution in [2.75, 3.05) is 7.11 Å². The van der Waals surface area contributed by atoms with Gasteiger partial charge in [-0.05, 0) is 45.9 Å². The highest BCUT2D eigenvalue weighted by molar-refractivity contribution is 14.1. The van der Waals surface area contributed by atoms with Crippen LogP contribution in [0.15, 0.2) is 36.7 Å². The van der Waals surface area contributed by atoms with E-state index in [1.54, 1.807) is 7.11 Å². The Hall–Kier alpha value is -1.63. The van der Waals surface area contributed by atoms with Crippen LogP contribution in [-0.2, 0) is 6.42 Å². The second-order valence-electron chi connectivity index (χ2n) is 4.24. The van der Waals surface area contributed by atoms with E-state index >= 15 is 0 Å². The number of aromatic nitrogens is 3. The van der Waals surface area contributed by atoms with Crippen LogP contribution >= 0.6 is 22.6 Å². The van der Waals surface area contributed by atoms with Crippen molar-refractivity contribution >= 4 is 33.6 Å². The first-order chi connectivity index (χ1) is 9.28. The van der Waals surface area contributed by atoms with E-state index < -0.39 is 0 Å². The summed E-state index contributed by atoms with van der Waals surface area (Å²) in [5, 5.41) is 7.08. The van der Waals surface area contributed by atoms with Crippen molar-refractivity contribution in [1.82, 2.24) is 15.2 Å². The molecule has 0 aliphatic heterocycles. The fourth-order valence-electron chi connectivity index (χ4n) is 1.99. The van der Waals surface area contributed by atoms with E-state index in [0.29, 0.717) is 0 Å². The number of hydrogen-bond donors (Lipinski definition) is 1. The first-order valence-corrected chi connectivity index (χ1v) is 6.95. The number of hydrogen-bond acceptors (Lipinski definition) is 3. The maximum Gasteiger partial charge on any atom is 0.124 e. The summed E-state index contributed by atoms with van der Waals surface area (Å²) in [5.41, 5.74) is 4.26. The zero-order valence-electron chi connectivity index (χ0n) is 10.4. The van der Waals surface area contributed by atoms with Gasteiger partial charge < -0.3 is 4.74 Å². The van der Waals surface area contributed by atoms with Gasteiger partial charge in [-0.2, -0.15) is 5.10 Å². The van der Waals surface area contributed by atoms with Crippen LogP contribution in [0.4, 0.5) is 0 Å². The lowest BCUT2D eigenvalue weighted by molar-refractivity contribution is 0.414. The van der Waals surface area contributed by atoms with Gasteiger partial charge in [-0.1, -0.05) is 12.1 Å². The van der Waals surface area contributed by atoms with Gasteiger partial charge in [0.1, 0.15) is 16.8 Å². The molecule has 3 aromatic rings. The van der Waals surface area contributed by atoms with E-state index in [4.69, 9.17) is 4.74 Å². The predicted octanol–water partition coefficient (Wildman–Crippen LogP) is 3.16. The third kappa shape index (κ3) is 2.42. The first kappa shape index (κ1) is 12.4. The predicted molar refractivity (Wildman–Crippen MR) is 82.4 cm³/mol. The number of fused-ring (bicyclic) bond motifs is 1. The molecule has 2 heterocycles. The van der Waals surface area contributed by atoms with Crippen LogP contribution in [0.3, 0.4) is 0 Å². The molecular weight excluding hydrogens is 353 g/mol. The summed E-state index contributed by atoms with van der Waals surface area (Å²) in [5.74, 6) is 0.874. The fraction of sp³-hybridized carbons (Fsp3) is 0.143. The van der Waals surface area contributed by atoms with E-state index in [-0.39, 0.29) is 0 Å². The van der Waals surface area contributed by atoms with Crippen LogP contribution in [0.2, 0.25) is 0 Å². The Morgan fingerprint density at radius 2 is 2.05 bits per heavy atom. The molecule has 4 nitrogen and oxygen atoms in total. The molecule has 1 N–H and O–H groups in total. The summed E-state index contributed by atoms with van der Waals surface area (Å²) >= 11 is 2.33. The highest BCUT2D eigenvalue weighted by Gasteiger charge is 2.09. The van der Waals surface area contributed by atoms with Crippen LogP contribution in [0, 0.1) is 3.57 Å². The number of nitrogens with zero attached hydrogens (tertiary/aromatic N) is 2. The highest BCUT2D eigenvalue weighted by Crippen LogP contribution is 2.23. The maximum atomic E-state index is 5.16. The molecule has 96 valence electrons. The monoisotopic (exact) mass is 365 g/mol. The molecule has 5 heteroatoms. The molecule has 0 atom stereocenters. The number of aromatic amines is 1. The molecule has 3 rings (SSSR count). The summed E-state index contributed by atoms with van der Waals surface area (Å²) in [6.07, 6.45) is 4.58. The average molecular weight is 365 g/mol. The van der Waals surface area contributed by atoms with Crippen LogP contribution in [0.1, 0.15) is 11.1 Å². The Balaban J connectivity index is 1.93. The maximum absolute atomic E-state index is 5.16. The molecule has 0 aliphatic rings. The third-order valence-corrected chi connectivity index (χ3v) is 4.23. The molecule has 0 amide bonds. The number of ether oxygens (including phenoxy) is 1. The number of halogens is 1. The van der Waals surface area contributed by atoms with Crippen LogP contribution in [-0.4, -0.2) is 22.3 Å². The van der Waals surface area contributed by atoms with Gasteiger partial charge in [-0.25, -0.2) is 0 Å². The van der Waals surface area contributed by atoms with E-state index in [1.807, 2.05) is 24.5 Å². The zero-order chi connectivity index (χ0) is 13.2. The first-order valence-electron chi connectivity index (χ1n) is 5.87. The van der Waals surface area contributed by atoms with Gasteiger partial charge >= 0.3 is 0 Å². The van der Waals surface area contributed by atoms with Gasteiger partial charge in [0.2, 0.25) is 0 Å². The molecule has 1 aromatic carbocycles. The fourth-order valence-corrected chi connectivity index (χ4v) is 2.71. The summed E-state index contributed by atoms with van der Waals surface area (Å²) in [7, 11) is 1.67. The number of benzene rings is 1. The van der Waals surface area contributed by atoms with E-state index in [2.05, 4.69) is 49.9 Å². The quantitative estimate of drug-likeness (QED) is 0.726. The SMILES string of the molecule is COc1ccc(Cc2cnc3c[nH]nc3c2I)cc1. The Kier molecular flexibility index (Phi) is 3.37. The van der Waals surface area contributed by atoms with Crippen LogP contribution < -0.4 is 4.74 Å². The van der Waals surface area contributed by atoms with Gasteiger partial charge in [0.05, 0.1) is 7.11 Å². The summed E-state index contributed by atoms with van der Waals surface area (Å²) in [6, 6.07) is 8.10. The second kappa shape index (κ2) is 5.16. The number of rotatable bonds is 3. The second-order valence-corrected chi connectivity index (χ2v) is 5.32. The molecule has 0 saturated carbocycles. The van der Waals surface area contributed by atoms with Gasteiger partial charge in [0, 0.05) is 22.4 Å². The van der Waals surface area contributed by atoms with Gasteiger partial charge in [0.25, 0.3) is 0 Å². The normalized spacial score (nSPS) is 10.8. The Bertz CT molecular complexity index is 706. The van der Waals surface area contributed by atoms with Crippen molar-refractivity contribution in [2.24, 2.45) is 0 Å². The lowest BCUT2D eigenvalue weighted by Crippen LogP contribution is -1.95. The minimum Gasteiger partial charge on any atom is -0.497 e. The summed E-state index contributed by atoms with van der Waals surface area (Å²) in [4.78, 5) is 4.41.